The highest BCUT2D eigenvalue weighted by molar-refractivity contribution is 6.20. The topological polar surface area (TPSA) is 29.0 Å². The van der Waals surface area contributed by atoms with Crippen LogP contribution in [0, 0.1) is 0 Å². The normalized spacial score (nSPS) is 34.5. The van der Waals surface area contributed by atoms with Crippen molar-refractivity contribution in [2.24, 2.45) is 0 Å². The van der Waals surface area contributed by atoms with Crippen LogP contribution in [0.4, 0.5) is 5.95 Å². The first-order valence-corrected chi connectivity index (χ1v) is 5.97. The van der Waals surface area contributed by atoms with Crippen molar-refractivity contribution in [3.63, 3.8) is 0 Å². The second-order valence-corrected chi connectivity index (χ2v) is 5.03. The van der Waals surface area contributed by atoms with E-state index < -0.39 is 0 Å². The Hall–Kier alpha value is -0.830. The summed E-state index contributed by atoms with van der Waals surface area (Å²) in [5.74, 6) is 0.883. The predicted octanol–water partition coefficient (Wildman–Crippen LogP) is 2.22. The summed E-state index contributed by atoms with van der Waals surface area (Å²) in [7, 11) is 0. The molecule has 2 unspecified atom stereocenters. The number of anilines is 1. The number of nitrogens with zero attached hydrogens (tertiary/aromatic N) is 3. The molecule has 2 atom stereocenters. The Kier molecular flexibility index (Phi) is 2.28. The van der Waals surface area contributed by atoms with Crippen LogP contribution in [-0.2, 0) is 0 Å². The van der Waals surface area contributed by atoms with Crippen molar-refractivity contribution in [3.8, 4) is 0 Å². The summed E-state index contributed by atoms with van der Waals surface area (Å²) in [6.45, 7) is 0. The fraction of sp³-hybridized carbons (Fsp3) is 0.636. The molecule has 15 heavy (non-hydrogen) atoms. The Bertz CT molecular complexity index is 329. The van der Waals surface area contributed by atoms with Gasteiger partial charge in [0.25, 0.3) is 0 Å². The second kappa shape index (κ2) is 3.63. The van der Waals surface area contributed by atoms with E-state index in [1.165, 1.54) is 12.8 Å². The summed E-state index contributed by atoms with van der Waals surface area (Å²) >= 11 is 6.23. The van der Waals surface area contributed by atoms with Crippen molar-refractivity contribution in [1.82, 2.24) is 9.97 Å². The van der Waals surface area contributed by atoms with Crippen molar-refractivity contribution in [2.45, 2.75) is 43.1 Å². The Labute approximate surface area is 94.5 Å². The molecule has 2 aliphatic heterocycles. The van der Waals surface area contributed by atoms with Gasteiger partial charge in [0.1, 0.15) is 0 Å². The summed E-state index contributed by atoms with van der Waals surface area (Å²) in [6.07, 6.45) is 8.27. The summed E-state index contributed by atoms with van der Waals surface area (Å²) in [4.78, 5) is 11.1. The molecule has 80 valence electrons. The van der Waals surface area contributed by atoms with Gasteiger partial charge in [0.2, 0.25) is 5.95 Å². The van der Waals surface area contributed by atoms with E-state index in [-0.39, 0.29) is 0 Å². The summed E-state index contributed by atoms with van der Waals surface area (Å²) in [6, 6.07) is 2.99. The molecule has 0 aliphatic carbocycles. The van der Waals surface area contributed by atoms with Crippen molar-refractivity contribution < 1.29 is 0 Å². The van der Waals surface area contributed by atoms with E-state index in [1.807, 2.05) is 18.5 Å². The summed E-state index contributed by atoms with van der Waals surface area (Å²) in [5, 5.41) is 0.350. The average molecular weight is 224 g/mol. The highest BCUT2D eigenvalue weighted by Gasteiger charge is 2.41. The highest BCUT2D eigenvalue weighted by atomic mass is 35.5. The SMILES string of the molecule is ClC1CC2CCC(C1)N2c1ncccn1. The molecule has 0 N–H and O–H groups in total. The van der Waals surface area contributed by atoms with Gasteiger partial charge in [-0.2, -0.15) is 0 Å². The maximum absolute atomic E-state index is 6.23. The average Bonchev–Trinajstić information content (AvgIpc) is 2.53. The first-order chi connectivity index (χ1) is 7.34. The van der Waals surface area contributed by atoms with Crippen LogP contribution >= 0.6 is 11.6 Å². The van der Waals surface area contributed by atoms with Gasteiger partial charge in [-0.15, -0.1) is 11.6 Å². The van der Waals surface area contributed by atoms with E-state index in [2.05, 4.69) is 14.9 Å². The lowest BCUT2D eigenvalue weighted by Crippen LogP contribution is -2.44. The van der Waals surface area contributed by atoms with Gasteiger partial charge in [-0.1, -0.05) is 0 Å². The van der Waals surface area contributed by atoms with Crippen LogP contribution < -0.4 is 4.90 Å². The van der Waals surface area contributed by atoms with E-state index >= 15 is 0 Å². The Morgan fingerprint density at radius 1 is 1.13 bits per heavy atom. The van der Waals surface area contributed by atoms with Crippen molar-refractivity contribution in [3.05, 3.63) is 18.5 Å². The molecule has 0 spiro atoms. The van der Waals surface area contributed by atoms with Crippen molar-refractivity contribution in [2.75, 3.05) is 4.90 Å². The lowest BCUT2D eigenvalue weighted by molar-refractivity contribution is 0.466. The monoisotopic (exact) mass is 223 g/mol. The lowest BCUT2D eigenvalue weighted by Gasteiger charge is -2.36. The molecule has 3 rings (SSSR count). The standard InChI is InChI=1S/C11H14ClN3/c12-8-6-9-2-3-10(7-8)15(9)11-13-4-1-5-14-11/h1,4-5,8-10H,2-3,6-7H2. The third kappa shape index (κ3) is 1.59. The molecule has 0 saturated carbocycles. The van der Waals surface area contributed by atoms with Gasteiger partial charge in [-0.25, -0.2) is 9.97 Å². The number of alkyl halides is 1. The number of hydrogen-bond acceptors (Lipinski definition) is 3. The van der Waals surface area contributed by atoms with Crippen LogP contribution in [0.3, 0.4) is 0 Å². The minimum atomic E-state index is 0.350. The first kappa shape index (κ1) is 9.40. The molecule has 0 radical (unpaired) electrons. The van der Waals surface area contributed by atoms with E-state index in [0.717, 1.165) is 18.8 Å². The third-order valence-electron chi connectivity index (χ3n) is 3.46. The largest absolute Gasteiger partial charge is 0.335 e. The predicted molar refractivity (Wildman–Crippen MR) is 60.2 cm³/mol. The molecule has 2 fully saturated rings. The zero-order valence-corrected chi connectivity index (χ0v) is 9.27. The minimum absolute atomic E-state index is 0.350. The number of aromatic nitrogens is 2. The number of fused-ring (bicyclic) bond motifs is 2. The van der Waals surface area contributed by atoms with Gasteiger partial charge in [0.05, 0.1) is 0 Å². The van der Waals surface area contributed by atoms with E-state index in [4.69, 9.17) is 11.6 Å². The first-order valence-electron chi connectivity index (χ1n) is 5.54. The molecule has 2 aliphatic rings. The van der Waals surface area contributed by atoms with Gasteiger partial charge >= 0.3 is 0 Å². The van der Waals surface area contributed by atoms with Gasteiger partial charge < -0.3 is 4.90 Å². The lowest BCUT2D eigenvalue weighted by atomic mass is 10.0. The molecule has 0 amide bonds. The number of rotatable bonds is 1. The van der Waals surface area contributed by atoms with Crippen molar-refractivity contribution >= 4 is 17.5 Å². The molecule has 4 heteroatoms. The quantitative estimate of drug-likeness (QED) is 0.684. The van der Waals surface area contributed by atoms with Gasteiger partial charge in [-0.05, 0) is 31.7 Å². The van der Waals surface area contributed by atoms with Gasteiger partial charge in [-0.3, -0.25) is 0 Å². The molecule has 1 aromatic rings. The van der Waals surface area contributed by atoms with Crippen LogP contribution in [0.15, 0.2) is 18.5 Å². The number of piperidine rings is 1. The molecule has 2 saturated heterocycles. The van der Waals surface area contributed by atoms with E-state index in [1.54, 1.807) is 0 Å². The fourth-order valence-corrected chi connectivity index (χ4v) is 3.27. The van der Waals surface area contributed by atoms with E-state index in [9.17, 15) is 0 Å². The Morgan fingerprint density at radius 3 is 2.33 bits per heavy atom. The molecule has 2 bridgehead atoms. The summed E-state index contributed by atoms with van der Waals surface area (Å²) < 4.78 is 0. The smallest absolute Gasteiger partial charge is 0.225 e. The van der Waals surface area contributed by atoms with Gasteiger partial charge in [0, 0.05) is 29.9 Å². The number of halogens is 1. The maximum Gasteiger partial charge on any atom is 0.225 e. The van der Waals surface area contributed by atoms with Crippen molar-refractivity contribution in [1.29, 1.82) is 0 Å². The zero-order valence-electron chi connectivity index (χ0n) is 8.51. The maximum atomic E-state index is 6.23. The van der Waals surface area contributed by atoms with E-state index in [0.29, 0.717) is 17.5 Å². The highest BCUT2D eigenvalue weighted by Crippen LogP contribution is 2.39. The second-order valence-electron chi connectivity index (χ2n) is 4.41. The number of hydrogen-bond donors (Lipinski definition) is 0. The molecule has 3 nitrogen and oxygen atoms in total. The molecule has 1 aromatic heterocycles. The molecular weight excluding hydrogens is 210 g/mol. The summed E-state index contributed by atoms with van der Waals surface area (Å²) in [5.41, 5.74) is 0. The Morgan fingerprint density at radius 2 is 1.73 bits per heavy atom. The molecule has 3 heterocycles. The molecular formula is C11H14ClN3. The molecule has 0 aromatic carbocycles. The fourth-order valence-electron chi connectivity index (χ4n) is 2.86. The van der Waals surface area contributed by atoms with Crippen LogP contribution in [-0.4, -0.2) is 27.4 Å². The van der Waals surface area contributed by atoms with Gasteiger partial charge in [0.15, 0.2) is 0 Å². The third-order valence-corrected chi connectivity index (χ3v) is 3.81. The van der Waals surface area contributed by atoms with Crippen LogP contribution in [0.1, 0.15) is 25.7 Å². The zero-order chi connectivity index (χ0) is 10.3. The Balaban J connectivity index is 1.89. The van der Waals surface area contributed by atoms with Crippen LogP contribution in [0.5, 0.6) is 0 Å². The minimum Gasteiger partial charge on any atom is -0.335 e. The van der Waals surface area contributed by atoms with Crippen LogP contribution in [0.2, 0.25) is 0 Å². The van der Waals surface area contributed by atoms with Crippen LogP contribution in [0.25, 0.3) is 0 Å².